The van der Waals surface area contributed by atoms with Crippen LogP contribution in [0.1, 0.15) is 11.4 Å². The summed E-state index contributed by atoms with van der Waals surface area (Å²) in [7, 11) is 3.19. The van der Waals surface area contributed by atoms with Crippen molar-refractivity contribution < 1.29 is 13.2 Å². The first kappa shape index (κ1) is 14.7. The van der Waals surface area contributed by atoms with Gasteiger partial charge in [0.05, 0.1) is 19.4 Å². The Kier molecular flexibility index (Phi) is 4.56. The molecule has 0 amide bonds. The molecule has 9 heteroatoms. The van der Waals surface area contributed by atoms with Gasteiger partial charge >= 0.3 is 0 Å². The molecule has 108 valence electrons. The molecule has 1 heterocycles. The lowest BCUT2D eigenvalue weighted by atomic mass is 10.2. The molecule has 7 nitrogen and oxygen atoms in total. The highest BCUT2D eigenvalue weighted by Crippen LogP contribution is 2.11. The number of benzene rings is 1. The van der Waals surface area contributed by atoms with Crippen LogP contribution < -0.4 is 4.74 Å². The van der Waals surface area contributed by atoms with Crippen LogP contribution in [0.3, 0.4) is 0 Å². The lowest BCUT2D eigenvalue weighted by Crippen LogP contribution is -2.06. The summed E-state index contributed by atoms with van der Waals surface area (Å²) in [4.78, 5) is 1.40. The summed E-state index contributed by atoms with van der Waals surface area (Å²) < 4.78 is 26.7. The van der Waals surface area contributed by atoms with E-state index in [1.165, 1.54) is 4.80 Å². The quantitative estimate of drug-likeness (QED) is 0.734. The van der Waals surface area contributed by atoms with Crippen LogP contribution in [0.5, 0.6) is 5.75 Å². The van der Waals surface area contributed by atoms with E-state index in [1.807, 2.05) is 24.3 Å². The number of tetrazole rings is 1. The maximum atomic E-state index is 10.8. The van der Waals surface area contributed by atoms with Gasteiger partial charge in [-0.2, -0.15) is 4.80 Å². The van der Waals surface area contributed by atoms with Gasteiger partial charge in [-0.25, -0.2) is 8.42 Å². The third-order valence-corrected chi connectivity index (χ3v) is 3.70. The second-order valence-corrected chi connectivity index (χ2v) is 6.97. The van der Waals surface area contributed by atoms with Gasteiger partial charge in [-0.3, -0.25) is 0 Å². The molecule has 0 atom stereocenters. The molecule has 0 aliphatic heterocycles. The van der Waals surface area contributed by atoms with Crippen LogP contribution in [-0.2, 0) is 22.0 Å². The normalized spacial score (nSPS) is 11.5. The number of ether oxygens (including phenoxy) is 1. The van der Waals surface area contributed by atoms with E-state index in [2.05, 4.69) is 15.4 Å². The van der Waals surface area contributed by atoms with Crippen LogP contribution in [0, 0.1) is 0 Å². The molecule has 0 radical (unpaired) electrons. The minimum Gasteiger partial charge on any atom is -0.497 e. The Morgan fingerprint density at radius 2 is 2.00 bits per heavy atom. The predicted molar refractivity (Wildman–Crippen MR) is 73.3 cm³/mol. The lowest BCUT2D eigenvalue weighted by Gasteiger charge is -2.02. The Labute approximate surface area is 120 Å². The number of halogens is 1. The smallest absolute Gasteiger partial charge is 0.233 e. The fraction of sp³-hybridized carbons (Fsp3) is 0.364. The fourth-order valence-corrected chi connectivity index (χ4v) is 2.21. The SMILES string of the molecule is COc1ccc(Cn2nnc(CCS(=O)(=O)Cl)n2)cc1. The van der Waals surface area contributed by atoms with Crippen LogP contribution in [0.4, 0.5) is 0 Å². The average molecular weight is 317 g/mol. The standard InChI is InChI=1S/C11H13ClN4O3S/c1-19-10-4-2-9(3-5-10)8-16-14-11(13-15-16)6-7-20(12,17)18/h2-5H,6-8H2,1H3. The van der Waals surface area contributed by atoms with Crippen molar-refractivity contribution in [1.29, 1.82) is 0 Å². The van der Waals surface area contributed by atoms with Gasteiger partial charge in [0.2, 0.25) is 9.05 Å². The van der Waals surface area contributed by atoms with Crippen LogP contribution in [0.15, 0.2) is 24.3 Å². The van der Waals surface area contributed by atoms with Crippen molar-refractivity contribution in [2.24, 2.45) is 0 Å². The zero-order valence-corrected chi connectivity index (χ0v) is 12.3. The number of hydrogen-bond acceptors (Lipinski definition) is 6. The average Bonchev–Trinajstić information content (AvgIpc) is 2.84. The summed E-state index contributed by atoms with van der Waals surface area (Å²) in [6, 6.07) is 7.47. The highest BCUT2D eigenvalue weighted by Gasteiger charge is 2.10. The second-order valence-electron chi connectivity index (χ2n) is 4.08. The molecule has 0 aliphatic carbocycles. The minimum absolute atomic E-state index is 0.147. The number of rotatable bonds is 6. The third-order valence-electron chi connectivity index (χ3n) is 2.55. The van der Waals surface area contributed by atoms with Gasteiger partial charge in [0.1, 0.15) is 5.75 Å². The van der Waals surface area contributed by atoms with Crippen LogP contribution >= 0.6 is 10.7 Å². The van der Waals surface area contributed by atoms with E-state index in [0.717, 1.165) is 11.3 Å². The zero-order chi connectivity index (χ0) is 14.6. The minimum atomic E-state index is -3.54. The number of nitrogens with zero attached hydrogens (tertiary/aromatic N) is 4. The van der Waals surface area contributed by atoms with E-state index >= 15 is 0 Å². The Bertz CT molecular complexity index is 669. The summed E-state index contributed by atoms with van der Waals surface area (Å²) in [6.07, 6.45) is 0.147. The molecule has 0 saturated carbocycles. The topological polar surface area (TPSA) is 87.0 Å². The van der Waals surface area contributed by atoms with Crippen molar-refractivity contribution in [3.05, 3.63) is 35.7 Å². The van der Waals surface area contributed by atoms with E-state index < -0.39 is 9.05 Å². The van der Waals surface area contributed by atoms with E-state index in [0.29, 0.717) is 12.4 Å². The number of aryl methyl sites for hydroxylation is 1. The number of hydrogen-bond donors (Lipinski definition) is 0. The number of methoxy groups -OCH3 is 1. The van der Waals surface area contributed by atoms with Gasteiger partial charge in [0.15, 0.2) is 5.82 Å². The monoisotopic (exact) mass is 316 g/mol. The molecular weight excluding hydrogens is 304 g/mol. The van der Waals surface area contributed by atoms with Gasteiger partial charge in [-0.1, -0.05) is 12.1 Å². The van der Waals surface area contributed by atoms with Gasteiger partial charge in [0, 0.05) is 17.1 Å². The Balaban J connectivity index is 1.98. The summed E-state index contributed by atoms with van der Waals surface area (Å²) in [6.45, 7) is 0.449. The van der Waals surface area contributed by atoms with E-state index in [1.54, 1.807) is 7.11 Å². The zero-order valence-electron chi connectivity index (χ0n) is 10.7. The van der Waals surface area contributed by atoms with Crippen LogP contribution in [0.2, 0.25) is 0 Å². The highest BCUT2D eigenvalue weighted by molar-refractivity contribution is 8.13. The molecule has 0 aliphatic rings. The van der Waals surface area contributed by atoms with Crippen LogP contribution in [0.25, 0.3) is 0 Å². The molecule has 0 fully saturated rings. The first-order valence-corrected chi connectivity index (χ1v) is 8.26. The van der Waals surface area contributed by atoms with Gasteiger partial charge < -0.3 is 4.74 Å². The molecule has 1 aromatic heterocycles. The van der Waals surface area contributed by atoms with Gasteiger partial charge in [0.25, 0.3) is 0 Å². The molecule has 0 bridgehead atoms. The first-order chi connectivity index (χ1) is 9.46. The molecule has 2 rings (SSSR count). The van der Waals surface area contributed by atoms with Crippen molar-refractivity contribution in [2.45, 2.75) is 13.0 Å². The van der Waals surface area contributed by atoms with Gasteiger partial charge in [-0.15, -0.1) is 10.2 Å². The first-order valence-electron chi connectivity index (χ1n) is 5.78. The third kappa shape index (κ3) is 4.46. The predicted octanol–water partition coefficient (Wildman–Crippen LogP) is 0.841. The van der Waals surface area contributed by atoms with E-state index in [-0.39, 0.29) is 12.2 Å². The van der Waals surface area contributed by atoms with Crippen molar-refractivity contribution in [1.82, 2.24) is 20.2 Å². The maximum absolute atomic E-state index is 10.8. The molecule has 2 aromatic rings. The van der Waals surface area contributed by atoms with Crippen molar-refractivity contribution in [2.75, 3.05) is 12.9 Å². The van der Waals surface area contributed by atoms with Crippen molar-refractivity contribution in [3.8, 4) is 5.75 Å². The Morgan fingerprint density at radius 1 is 1.30 bits per heavy atom. The highest BCUT2D eigenvalue weighted by atomic mass is 35.7. The largest absolute Gasteiger partial charge is 0.497 e. The molecule has 0 saturated heterocycles. The molecule has 0 unspecified atom stereocenters. The van der Waals surface area contributed by atoms with Gasteiger partial charge in [-0.05, 0) is 22.9 Å². The summed E-state index contributed by atoms with van der Waals surface area (Å²) in [5.74, 6) is 0.916. The van der Waals surface area contributed by atoms with Crippen LogP contribution in [-0.4, -0.2) is 41.5 Å². The summed E-state index contributed by atoms with van der Waals surface area (Å²) in [5, 5.41) is 11.7. The van der Waals surface area contributed by atoms with Crippen molar-refractivity contribution in [3.63, 3.8) is 0 Å². The van der Waals surface area contributed by atoms with E-state index in [9.17, 15) is 8.42 Å². The molecule has 0 N–H and O–H groups in total. The Hall–Kier alpha value is -1.67. The molecular formula is C11H13ClN4O3S. The van der Waals surface area contributed by atoms with Crippen molar-refractivity contribution >= 4 is 19.7 Å². The molecule has 20 heavy (non-hydrogen) atoms. The molecule has 0 spiro atoms. The second kappa shape index (κ2) is 6.19. The van der Waals surface area contributed by atoms with E-state index in [4.69, 9.17) is 15.4 Å². The molecule has 1 aromatic carbocycles. The lowest BCUT2D eigenvalue weighted by molar-refractivity contribution is 0.414. The summed E-state index contributed by atoms with van der Waals surface area (Å²) in [5.41, 5.74) is 0.986. The maximum Gasteiger partial charge on any atom is 0.233 e. The summed E-state index contributed by atoms with van der Waals surface area (Å²) >= 11 is 0. The fourth-order valence-electron chi connectivity index (χ4n) is 1.55. The number of aromatic nitrogens is 4. The Morgan fingerprint density at radius 3 is 2.60 bits per heavy atom.